The van der Waals surface area contributed by atoms with Gasteiger partial charge in [0.1, 0.15) is 0 Å². The van der Waals surface area contributed by atoms with Gasteiger partial charge in [-0.3, -0.25) is 10.00 Å². The van der Waals surface area contributed by atoms with E-state index in [4.69, 9.17) is 0 Å². The monoisotopic (exact) mass is 254 g/mol. The first-order valence-corrected chi connectivity index (χ1v) is 6.63. The van der Waals surface area contributed by atoms with Crippen molar-refractivity contribution in [1.82, 2.24) is 15.1 Å². The smallest absolute Gasteiger partial charge is 0.0522 e. The summed E-state index contributed by atoms with van der Waals surface area (Å²) in [6.07, 6.45) is 8.54. The van der Waals surface area contributed by atoms with E-state index in [0.717, 1.165) is 12.0 Å². The van der Waals surface area contributed by atoms with Gasteiger partial charge in [0, 0.05) is 11.7 Å². The van der Waals surface area contributed by atoms with Gasteiger partial charge in [0.05, 0.1) is 6.20 Å². The standard InChI is InChI=1S/C13H21N3.ClH/c1-2-5-16-6-3-4-10-7-12-11(8-13(10)16)9-14-15-12;/h9-10,13H,2-8H2,1H3,(H,14,15);1H/p-1. The molecule has 0 saturated carbocycles. The number of nitrogens with zero attached hydrogens (tertiary/aromatic N) is 2. The number of aromatic nitrogens is 2. The zero-order chi connectivity index (χ0) is 11.0. The molecule has 17 heavy (non-hydrogen) atoms. The number of aromatic amines is 1. The van der Waals surface area contributed by atoms with Gasteiger partial charge in [-0.25, -0.2) is 0 Å². The molecule has 0 spiro atoms. The van der Waals surface area contributed by atoms with Crippen LogP contribution in [0.3, 0.4) is 0 Å². The third kappa shape index (κ3) is 2.36. The highest BCUT2D eigenvalue weighted by molar-refractivity contribution is 5.23. The Morgan fingerprint density at radius 1 is 1.47 bits per heavy atom. The number of piperidine rings is 1. The molecule has 2 aliphatic rings. The quantitative estimate of drug-likeness (QED) is 0.735. The van der Waals surface area contributed by atoms with Gasteiger partial charge < -0.3 is 12.4 Å². The van der Waals surface area contributed by atoms with Gasteiger partial charge in [0.2, 0.25) is 0 Å². The van der Waals surface area contributed by atoms with Crippen LogP contribution in [-0.4, -0.2) is 34.2 Å². The van der Waals surface area contributed by atoms with Crippen LogP contribution in [0, 0.1) is 5.92 Å². The van der Waals surface area contributed by atoms with Crippen molar-refractivity contribution in [1.29, 1.82) is 0 Å². The highest BCUT2D eigenvalue weighted by Crippen LogP contribution is 2.34. The Balaban J connectivity index is 0.00000108. The van der Waals surface area contributed by atoms with E-state index < -0.39 is 0 Å². The van der Waals surface area contributed by atoms with Crippen LogP contribution < -0.4 is 12.4 Å². The largest absolute Gasteiger partial charge is 1.00 e. The molecule has 1 saturated heterocycles. The van der Waals surface area contributed by atoms with Crippen LogP contribution in [0.25, 0.3) is 0 Å². The Morgan fingerprint density at radius 3 is 3.18 bits per heavy atom. The predicted molar refractivity (Wildman–Crippen MR) is 64.4 cm³/mol. The molecule has 96 valence electrons. The van der Waals surface area contributed by atoms with Crippen molar-refractivity contribution in [3.8, 4) is 0 Å². The van der Waals surface area contributed by atoms with Gasteiger partial charge in [0.15, 0.2) is 0 Å². The second kappa shape index (κ2) is 5.40. The van der Waals surface area contributed by atoms with Crippen molar-refractivity contribution in [2.75, 3.05) is 13.1 Å². The van der Waals surface area contributed by atoms with Crippen LogP contribution in [0.15, 0.2) is 6.20 Å². The van der Waals surface area contributed by atoms with Gasteiger partial charge in [-0.05, 0) is 56.7 Å². The molecule has 0 aromatic carbocycles. The highest BCUT2D eigenvalue weighted by Gasteiger charge is 2.35. The summed E-state index contributed by atoms with van der Waals surface area (Å²) in [6.45, 7) is 4.87. The Kier molecular flexibility index (Phi) is 4.10. The molecule has 1 N–H and O–H groups in total. The minimum absolute atomic E-state index is 0. The van der Waals surface area contributed by atoms with Crippen LogP contribution in [-0.2, 0) is 12.8 Å². The number of hydrogen-bond acceptors (Lipinski definition) is 2. The van der Waals surface area contributed by atoms with Gasteiger partial charge in [0.25, 0.3) is 0 Å². The number of fused-ring (bicyclic) bond motifs is 2. The molecule has 1 aromatic heterocycles. The number of hydrogen-bond donors (Lipinski definition) is 1. The summed E-state index contributed by atoms with van der Waals surface area (Å²) in [5.41, 5.74) is 2.86. The summed E-state index contributed by atoms with van der Waals surface area (Å²) in [4.78, 5) is 2.71. The lowest BCUT2D eigenvalue weighted by molar-refractivity contribution is -0.00000351. The molecule has 1 fully saturated rings. The maximum Gasteiger partial charge on any atom is 0.0522 e. The molecule has 1 aliphatic heterocycles. The van der Waals surface area contributed by atoms with Crippen molar-refractivity contribution in [3.63, 3.8) is 0 Å². The summed E-state index contributed by atoms with van der Waals surface area (Å²) in [6, 6.07) is 0.791. The van der Waals surface area contributed by atoms with Gasteiger partial charge in [-0.15, -0.1) is 0 Å². The lowest BCUT2D eigenvalue weighted by atomic mass is 9.77. The Labute approximate surface area is 109 Å². The molecular formula is C13H21ClN3-. The molecule has 0 amide bonds. The number of H-pyrrole nitrogens is 1. The molecule has 4 heteroatoms. The Bertz CT molecular complexity index is 361. The van der Waals surface area contributed by atoms with Crippen molar-refractivity contribution >= 4 is 0 Å². The molecule has 3 nitrogen and oxygen atoms in total. The fourth-order valence-electron chi connectivity index (χ4n) is 3.49. The first-order chi connectivity index (χ1) is 7.88. The Morgan fingerprint density at radius 2 is 2.35 bits per heavy atom. The second-order valence-corrected chi connectivity index (χ2v) is 5.29. The molecule has 2 heterocycles. The van der Waals surface area contributed by atoms with E-state index in [9.17, 15) is 0 Å². The van der Waals surface area contributed by atoms with E-state index in [-0.39, 0.29) is 12.4 Å². The van der Waals surface area contributed by atoms with E-state index in [2.05, 4.69) is 22.0 Å². The lowest BCUT2D eigenvalue weighted by Crippen LogP contribution is -3.00. The van der Waals surface area contributed by atoms with Gasteiger partial charge in [-0.2, -0.15) is 5.10 Å². The number of likely N-dealkylation sites (tertiary alicyclic amines) is 1. The first-order valence-electron chi connectivity index (χ1n) is 6.63. The third-order valence-corrected chi connectivity index (χ3v) is 4.25. The average Bonchev–Trinajstić information content (AvgIpc) is 2.74. The van der Waals surface area contributed by atoms with Gasteiger partial charge in [-0.1, -0.05) is 6.92 Å². The van der Waals surface area contributed by atoms with E-state index in [0.29, 0.717) is 0 Å². The zero-order valence-electron chi connectivity index (χ0n) is 10.5. The molecule has 3 rings (SSSR count). The number of rotatable bonds is 2. The molecule has 1 aromatic rings. The molecule has 0 bridgehead atoms. The van der Waals surface area contributed by atoms with Crippen molar-refractivity contribution < 1.29 is 12.4 Å². The fraction of sp³-hybridized carbons (Fsp3) is 0.769. The van der Waals surface area contributed by atoms with Crippen LogP contribution in [0.1, 0.15) is 37.4 Å². The molecule has 0 radical (unpaired) electrons. The predicted octanol–water partition coefficient (Wildman–Crippen LogP) is -0.997. The van der Waals surface area contributed by atoms with E-state index in [1.807, 2.05) is 6.20 Å². The minimum Gasteiger partial charge on any atom is -1.00 e. The maximum absolute atomic E-state index is 4.19. The van der Waals surface area contributed by atoms with Crippen molar-refractivity contribution in [2.24, 2.45) is 5.92 Å². The second-order valence-electron chi connectivity index (χ2n) is 5.29. The maximum atomic E-state index is 4.19. The zero-order valence-corrected chi connectivity index (χ0v) is 11.2. The average molecular weight is 255 g/mol. The van der Waals surface area contributed by atoms with Crippen molar-refractivity contribution in [3.05, 3.63) is 17.5 Å². The minimum atomic E-state index is 0. The molecular weight excluding hydrogens is 234 g/mol. The summed E-state index contributed by atoms with van der Waals surface area (Å²) >= 11 is 0. The normalized spacial score (nSPS) is 28.1. The summed E-state index contributed by atoms with van der Waals surface area (Å²) in [7, 11) is 0. The topological polar surface area (TPSA) is 31.9 Å². The Hall–Kier alpha value is -0.540. The summed E-state index contributed by atoms with van der Waals surface area (Å²) in [5, 5.41) is 7.36. The number of halogens is 1. The van der Waals surface area contributed by atoms with Crippen LogP contribution in [0.5, 0.6) is 0 Å². The van der Waals surface area contributed by atoms with Crippen LogP contribution >= 0.6 is 0 Å². The highest BCUT2D eigenvalue weighted by atomic mass is 35.5. The molecule has 2 atom stereocenters. The molecule has 1 aliphatic carbocycles. The van der Waals surface area contributed by atoms with Crippen molar-refractivity contribution in [2.45, 2.75) is 45.1 Å². The van der Waals surface area contributed by atoms with E-state index in [1.165, 1.54) is 56.5 Å². The van der Waals surface area contributed by atoms with E-state index >= 15 is 0 Å². The SMILES string of the molecule is CCCN1CCCC2Cc3[nH]ncc3CC21.[Cl-]. The van der Waals surface area contributed by atoms with Crippen LogP contribution in [0.2, 0.25) is 0 Å². The van der Waals surface area contributed by atoms with Gasteiger partial charge >= 0.3 is 0 Å². The summed E-state index contributed by atoms with van der Waals surface area (Å²) < 4.78 is 0. The summed E-state index contributed by atoms with van der Waals surface area (Å²) in [5.74, 6) is 0.869. The molecule has 2 unspecified atom stereocenters. The lowest BCUT2D eigenvalue weighted by Gasteiger charge is -2.43. The fourth-order valence-corrected chi connectivity index (χ4v) is 3.49. The van der Waals surface area contributed by atoms with E-state index in [1.54, 1.807) is 0 Å². The first kappa shape index (κ1) is 12.9. The van der Waals surface area contributed by atoms with Crippen LogP contribution in [0.4, 0.5) is 0 Å². The number of nitrogens with one attached hydrogen (secondary N) is 1. The third-order valence-electron chi connectivity index (χ3n) is 4.25.